The number of benzene rings is 2. The molecule has 0 bridgehead atoms. The van der Waals surface area contributed by atoms with Crippen molar-refractivity contribution in [2.75, 3.05) is 31.7 Å². The molecule has 2 aliphatic rings. The Morgan fingerprint density at radius 3 is 2.41 bits per heavy atom. The Labute approximate surface area is 187 Å². The van der Waals surface area contributed by atoms with Crippen LogP contribution in [-0.4, -0.2) is 49.7 Å². The van der Waals surface area contributed by atoms with E-state index in [1.54, 1.807) is 0 Å². The zero-order valence-electron chi connectivity index (χ0n) is 17.6. The normalized spacial score (nSPS) is 20.0. The Morgan fingerprint density at radius 1 is 1.06 bits per heavy atom. The van der Waals surface area contributed by atoms with Gasteiger partial charge in [0.05, 0.1) is 23.8 Å². The fourth-order valence-electron chi connectivity index (χ4n) is 4.12. The summed E-state index contributed by atoms with van der Waals surface area (Å²) in [5, 5.41) is 15.7. The molecule has 0 aromatic heterocycles. The number of hydrogen-bond acceptors (Lipinski definition) is 7. The summed E-state index contributed by atoms with van der Waals surface area (Å²) in [6.07, 6.45) is 3.57. The average molecular weight is 459 g/mol. The molecular formula is C22H26N4O5S. The number of nitrogens with one attached hydrogen (secondary N) is 1. The minimum atomic E-state index is -3.93. The molecule has 2 fully saturated rings. The highest BCUT2D eigenvalue weighted by atomic mass is 32.2. The van der Waals surface area contributed by atoms with E-state index in [0.717, 1.165) is 37.5 Å². The van der Waals surface area contributed by atoms with Crippen molar-refractivity contribution in [3.8, 4) is 0 Å². The second kappa shape index (κ2) is 9.76. The summed E-state index contributed by atoms with van der Waals surface area (Å²) >= 11 is 0. The second-order valence-electron chi connectivity index (χ2n) is 7.93. The summed E-state index contributed by atoms with van der Waals surface area (Å²) in [6, 6.07) is 14.2. The minimum Gasteiger partial charge on any atom is -0.379 e. The Hall–Kier alpha value is -2.82. The standard InChI is InChI=1S/C22H26N4O5S/c27-26(28)20-10-11-21(22(16-20)32(29,30)25-12-14-31-15-13-25)24-23-19-8-6-18(7-9-19)17-4-2-1-3-5-17/h1-5,10-11,16,18,24H,6-9,12-15H2. The second-order valence-corrected chi connectivity index (χ2v) is 9.84. The zero-order valence-corrected chi connectivity index (χ0v) is 18.5. The average Bonchev–Trinajstić information content (AvgIpc) is 2.84. The molecule has 0 unspecified atom stereocenters. The topological polar surface area (TPSA) is 114 Å². The lowest BCUT2D eigenvalue weighted by Crippen LogP contribution is -2.40. The number of hydrazone groups is 1. The summed E-state index contributed by atoms with van der Waals surface area (Å²) in [5.41, 5.74) is 5.12. The van der Waals surface area contributed by atoms with Crippen LogP contribution in [0.5, 0.6) is 0 Å². The first-order chi connectivity index (χ1) is 15.4. The lowest BCUT2D eigenvalue weighted by atomic mass is 9.83. The van der Waals surface area contributed by atoms with Crippen molar-refractivity contribution < 1.29 is 18.1 Å². The van der Waals surface area contributed by atoms with Crippen LogP contribution in [0.4, 0.5) is 11.4 Å². The molecule has 9 nitrogen and oxygen atoms in total. The lowest BCUT2D eigenvalue weighted by Gasteiger charge is -2.27. The summed E-state index contributed by atoms with van der Waals surface area (Å²) in [7, 11) is -3.93. The van der Waals surface area contributed by atoms with E-state index in [0.29, 0.717) is 19.1 Å². The first-order valence-corrected chi connectivity index (χ1v) is 12.1. The molecule has 1 saturated heterocycles. The lowest BCUT2D eigenvalue weighted by molar-refractivity contribution is -0.385. The van der Waals surface area contributed by atoms with E-state index in [1.165, 1.54) is 22.0 Å². The summed E-state index contributed by atoms with van der Waals surface area (Å²) in [6.45, 7) is 1.00. The largest absolute Gasteiger partial charge is 0.379 e. The Morgan fingerprint density at radius 2 is 1.75 bits per heavy atom. The molecule has 2 aromatic carbocycles. The van der Waals surface area contributed by atoms with Crippen LogP contribution in [0.25, 0.3) is 0 Å². The number of nitro benzene ring substituents is 1. The Balaban J connectivity index is 1.53. The van der Waals surface area contributed by atoms with Crippen LogP contribution >= 0.6 is 0 Å². The number of non-ortho nitro benzene ring substituents is 1. The predicted octanol–water partition coefficient (Wildman–Crippen LogP) is 3.74. The number of rotatable bonds is 6. The third-order valence-corrected chi connectivity index (χ3v) is 7.87. The van der Waals surface area contributed by atoms with Gasteiger partial charge in [-0.25, -0.2) is 8.42 Å². The Kier molecular flexibility index (Phi) is 6.83. The van der Waals surface area contributed by atoms with Gasteiger partial charge in [0.25, 0.3) is 5.69 Å². The maximum Gasteiger partial charge on any atom is 0.270 e. The molecule has 0 amide bonds. The molecule has 2 aromatic rings. The molecule has 10 heteroatoms. The van der Waals surface area contributed by atoms with Gasteiger partial charge in [0.2, 0.25) is 10.0 Å². The molecule has 0 radical (unpaired) electrons. The number of hydrogen-bond donors (Lipinski definition) is 1. The van der Waals surface area contributed by atoms with Crippen molar-refractivity contribution in [1.82, 2.24) is 4.31 Å². The third-order valence-electron chi connectivity index (χ3n) is 5.93. The molecule has 0 spiro atoms. The molecule has 1 saturated carbocycles. The molecule has 1 N–H and O–H groups in total. The van der Waals surface area contributed by atoms with Gasteiger partial charge >= 0.3 is 0 Å². The van der Waals surface area contributed by atoms with Crippen molar-refractivity contribution in [3.05, 3.63) is 64.2 Å². The first kappa shape index (κ1) is 22.4. The summed E-state index contributed by atoms with van der Waals surface area (Å²) in [4.78, 5) is 10.5. The van der Waals surface area contributed by atoms with Gasteiger partial charge in [-0.05, 0) is 43.2 Å². The van der Waals surface area contributed by atoms with E-state index in [2.05, 4.69) is 22.7 Å². The molecule has 1 aliphatic heterocycles. The van der Waals surface area contributed by atoms with Crippen LogP contribution in [0.2, 0.25) is 0 Å². The molecule has 1 heterocycles. The summed E-state index contributed by atoms with van der Waals surface area (Å²) < 4.78 is 32.9. The van der Waals surface area contributed by atoms with Gasteiger partial charge in [0.15, 0.2) is 0 Å². The summed E-state index contributed by atoms with van der Waals surface area (Å²) in [5.74, 6) is 0.492. The van der Waals surface area contributed by atoms with Gasteiger partial charge in [0, 0.05) is 30.9 Å². The number of sulfonamides is 1. The SMILES string of the molecule is O=[N+]([O-])c1ccc(NN=C2CCC(c3ccccc3)CC2)c(S(=O)(=O)N2CCOCC2)c1. The van der Waals surface area contributed by atoms with E-state index in [1.807, 2.05) is 18.2 Å². The van der Waals surface area contributed by atoms with Crippen LogP contribution in [-0.2, 0) is 14.8 Å². The van der Waals surface area contributed by atoms with Crippen LogP contribution in [0.15, 0.2) is 58.5 Å². The van der Waals surface area contributed by atoms with Crippen molar-refractivity contribution in [3.63, 3.8) is 0 Å². The highest BCUT2D eigenvalue weighted by Gasteiger charge is 2.30. The molecule has 170 valence electrons. The molecule has 1 aliphatic carbocycles. The fraction of sp³-hybridized carbons (Fsp3) is 0.409. The van der Waals surface area contributed by atoms with Crippen molar-refractivity contribution in [2.24, 2.45) is 5.10 Å². The molecule has 0 atom stereocenters. The van der Waals surface area contributed by atoms with E-state index in [9.17, 15) is 18.5 Å². The Bertz CT molecular complexity index is 1090. The number of ether oxygens (including phenoxy) is 1. The van der Waals surface area contributed by atoms with Crippen LogP contribution in [0.1, 0.15) is 37.2 Å². The zero-order chi connectivity index (χ0) is 22.6. The quantitative estimate of drug-likeness (QED) is 0.521. The van der Waals surface area contributed by atoms with Crippen LogP contribution in [0.3, 0.4) is 0 Å². The van der Waals surface area contributed by atoms with Crippen LogP contribution < -0.4 is 5.43 Å². The number of morpholine rings is 1. The number of nitrogens with zero attached hydrogens (tertiary/aromatic N) is 3. The van der Waals surface area contributed by atoms with Crippen molar-refractivity contribution in [1.29, 1.82) is 0 Å². The molecular weight excluding hydrogens is 432 g/mol. The predicted molar refractivity (Wildman–Crippen MR) is 121 cm³/mol. The van der Waals surface area contributed by atoms with E-state index >= 15 is 0 Å². The van der Waals surface area contributed by atoms with Crippen molar-refractivity contribution >= 4 is 27.1 Å². The van der Waals surface area contributed by atoms with Crippen LogP contribution in [0, 0.1) is 10.1 Å². The van der Waals surface area contributed by atoms with Gasteiger partial charge in [-0.1, -0.05) is 30.3 Å². The first-order valence-electron chi connectivity index (χ1n) is 10.7. The van der Waals surface area contributed by atoms with Gasteiger partial charge in [0.1, 0.15) is 4.90 Å². The van der Waals surface area contributed by atoms with E-state index < -0.39 is 14.9 Å². The number of anilines is 1. The maximum atomic E-state index is 13.2. The maximum absolute atomic E-state index is 13.2. The molecule has 32 heavy (non-hydrogen) atoms. The third kappa shape index (κ3) is 4.98. The smallest absolute Gasteiger partial charge is 0.270 e. The molecule has 4 rings (SSSR count). The van der Waals surface area contributed by atoms with Gasteiger partial charge < -0.3 is 4.74 Å². The highest BCUT2D eigenvalue weighted by molar-refractivity contribution is 7.89. The van der Waals surface area contributed by atoms with Gasteiger partial charge in [-0.2, -0.15) is 9.41 Å². The van der Waals surface area contributed by atoms with Gasteiger partial charge in [-0.15, -0.1) is 0 Å². The van der Waals surface area contributed by atoms with Crippen molar-refractivity contribution in [2.45, 2.75) is 36.5 Å². The number of nitro groups is 1. The monoisotopic (exact) mass is 458 g/mol. The highest BCUT2D eigenvalue weighted by Crippen LogP contribution is 2.33. The van der Waals surface area contributed by atoms with E-state index in [4.69, 9.17) is 4.74 Å². The fourth-order valence-corrected chi connectivity index (χ4v) is 5.69. The van der Waals surface area contributed by atoms with Gasteiger partial charge in [-0.3, -0.25) is 15.5 Å². The minimum absolute atomic E-state index is 0.143. The van der Waals surface area contributed by atoms with E-state index in [-0.39, 0.29) is 29.4 Å².